The summed E-state index contributed by atoms with van der Waals surface area (Å²) in [5.74, 6) is 0.634. The van der Waals surface area contributed by atoms with Gasteiger partial charge in [-0.25, -0.2) is 4.85 Å². The number of halogens is 1. The molecule has 0 bridgehead atoms. The largest absolute Gasteiger partial charge is 0.508 e. The second-order valence-electron chi connectivity index (χ2n) is 2.25. The zero-order valence-corrected chi connectivity index (χ0v) is 8.26. The maximum atomic E-state index is 6.89. The Morgan fingerprint density at radius 1 is 1.58 bits per heavy atom. The highest BCUT2D eigenvalue weighted by molar-refractivity contribution is 9.08. The molecule has 1 rings (SSSR count). The molecule has 0 amide bonds. The fraction of sp³-hybridized carbons (Fsp3) is 0.222. The molecule has 0 radical (unpaired) electrons. The van der Waals surface area contributed by atoms with E-state index in [1.54, 1.807) is 7.11 Å². The minimum Gasteiger partial charge on any atom is -0.508 e. The number of hydrogen-bond donors (Lipinski definition) is 0. The van der Waals surface area contributed by atoms with Crippen molar-refractivity contribution in [1.82, 2.24) is 0 Å². The molecular formula is C9H8BrNO. The monoisotopic (exact) mass is 225 g/mol. The first-order chi connectivity index (χ1) is 5.81. The van der Waals surface area contributed by atoms with Gasteiger partial charge in [-0.05, 0) is 17.7 Å². The standard InChI is InChI=1S/C9H8BrNO/c1-11-8-5-7(6-10)3-4-9(8)12-2/h3-5H,6H2,2H3. The van der Waals surface area contributed by atoms with E-state index in [0.29, 0.717) is 11.4 Å². The summed E-state index contributed by atoms with van der Waals surface area (Å²) in [5, 5.41) is 0.763. The van der Waals surface area contributed by atoms with Crippen LogP contribution in [0.3, 0.4) is 0 Å². The molecule has 0 saturated carbocycles. The topological polar surface area (TPSA) is 13.6 Å². The summed E-state index contributed by atoms with van der Waals surface area (Å²) in [7, 11) is 1.57. The minimum absolute atomic E-state index is 0.564. The lowest BCUT2D eigenvalue weighted by Gasteiger charge is -2.03. The average Bonchev–Trinajstić information content (AvgIpc) is 2.16. The van der Waals surface area contributed by atoms with Crippen LogP contribution in [0.15, 0.2) is 18.2 Å². The molecule has 0 atom stereocenters. The van der Waals surface area contributed by atoms with Crippen molar-refractivity contribution in [2.75, 3.05) is 7.11 Å². The van der Waals surface area contributed by atoms with E-state index in [9.17, 15) is 0 Å². The average molecular weight is 226 g/mol. The summed E-state index contributed by atoms with van der Waals surface area (Å²) in [6.07, 6.45) is 0. The third-order valence-corrected chi connectivity index (χ3v) is 2.17. The van der Waals surface area contributed by atoms with Gasteiger partial charge < -0.3 is 4.74 Å². The second kappa shape index (κ2) is 4.13. The number of rotatable bonds is 2. The minimum atomic E-state index is 0.564. The van der Waals surface area contributed by atoms with Crippen molar-refractivity contribution in [3.8, 4) is 5.75 Å². The van der Waals surface area contributed by atoms with Crippen LogP contribution in [0, 0.1) is 6.57 Å². The van der Waals surface area contributed by atoms with Crippen LogP contribution in [0.4, 0.5) is 5.69 Å². The summed E-state index contributed by atoms with van der Waals surface area (Å²) >= 11 is 3.32. The van der Waals surface area contributed by atoms with E-state index in [4.69, 9.17) is 11.3 Å². The molecule has 62 valence electrons. The first kappa shape index (κ1) is 9.08. The highest BCUT2D eigenvalue weighted by Gasteiger charge is 2.02. The van der Waals surface area contributed by atoms with Crippen LogP contribution < -0.4 is 4.74 Å². The predicted octanol–water partition coefficient (Wildman–Crippen LogP) is 3.14. The van der Waals surface area contributed by atoms with Crippen LogP contribution in [0.1, 0.15) is 5.56 Å². The normalized spacial score (nSPS) is 9.08. The molecule has 2 nitrogen and oxygen atoms in total. The van der Waals surface area contributed by atoms with Crippen LogP contribution in [-0.2, 0) is 5.33 Å². The molecule has 0 saturated heterocycles. The summed E-state index contributed by atoms with van der Waals surface area (Å²) in [4.78, 5) is 3.35. The van der Waals surface area contributed by atoms with Crippen molar-refractivity contribution in [1.29, 1.82) is 0 Å². The van der Waals surface area contributed by atoms with Crippen molar-refractivity contribution in [2.45, 2.75) is 5.33 Å². The molecule has 0 unspecified atom stereocenters. The molecule has 0 spiro atoms. The summed E-state index contributed by atoms with van der Waals surface area (Å²) in [6.45, 7) is 6.89. The van der Waals surface area contributed by atoms with Crippen molar-refractivity contribution < 1.29 is 4.74 Å². The molecule has 0 fully saturated rings. The quantitative estimate of drug-likeness (QED) is 0.557. The zero-order valence-electron chi connectivity index (χ0n) is 6.67. The predicted molar refractivity (Wildman–Crippen MR) is 51.9 cm³/mol. The van der Waals surface area contributed by atoms with E-state index in [-0.39, 0.29) is 0 Å². The third kappa shape index (κ3) is 1.77. The lowest BCUT2D eigenvalue weighted by Crippen LogP contribution is -1.84. The number of nitrogens with zero attached hydrogens (tertiary/aromatic N) is 1. The van der Waals surface area contributed by atoms with Gasteiger partial charge in [-0.15, -0.1) is 0 Å². The Balaban J connectivity index is 3.13. The Morgan fingerprint density at radius 2 is 2.33 bits per heavy atom. The van der Waals surface area contributed by atoms with Crippen molar-refractivity contribution in [3.05, 3.63) is 35.2 Å². The van der Waals surface area contributed by atoms with Gasteiger partial charge in [0.1, 0.15) is 5.75 Å². The molecule has 1 aromatic rings. The third-order valence-electron chi connectivity index (χ3n) is 1.52. The molecule has 0 heterocycles. The lowest BCUT2D eigenvalue weighted by atomic mass is 10.2. The second-order valence-corrected chi connectivity index (χ2v) is 2.81. The van der Waals surface area contributed by atoms with Gasteiger partial charge in [-0.3, -0.25) is 0 Å². The lowest BCUT2D eigenvalue weighted by molar-refractivity contribution is 0.417. The maximum Gasteiger partial charge on any atom is 0.228 e. The molecule has 0 aliphatic carbocycles. The Morgan fingerprint density at radius 3 is 2.83 bits per heavy atom. The van der Waals surface area contributed by atoms with E-state index in [0.717, 1.165) is 10.9 Å². The van der Waals surface area contributed by atoms with Gasteiger partial charge in [-0.1, -0.05) is 22.0 Å². The Labute approximate surface area is 80.1 Å². The maximum absolute atomic E-state index is 6.89. The van der Waals surface area contributed by atoms with Crippen molar-refractivity contribution in [3.63, 3.8) is 0 Å². The van der Waals surface area contributed by atoms with Crippen LogP contribution in [0.5, 0.6) is 5.75 Å². The van der Waals surface area contributed by atoms with E-state index in [1.807, 2.05) is 18.2 Å². The van der Waals surface area contributed by atoms with E-state index >= 15 is 0 Å². The van der Waals surface area contributed by atoms with Gasteiger partial charge in [0.2, 0.25) is 5.69 Å². The Kier molecular flexibility index (Phi) is 3.12. The number of methoxy groups -OCH3 is 1. The fourth-order valence-corrected chi connectivity index (χ4v) is 1.25. The van der Waals surface area contributed by atoms with E-state index < -0.39 is 0 Å². The Bertz CT molecular complexity index is 317. The zero-order chi connectivity index (χ0) is 8.97. The van der Waals surface area contributed by atoms with Crippen LogP contribution >= 0.6 is 15.9 Å². The van der Waals surface area contributed by atoms with Gasteiger partial charge in [0.25, 0.3) is 0 Å². The van der Waals surface area contributed by atoms with Crippen LogP contribution in [0.2, 0.25) is 0 Å². The molecular weight excluding hydrogens is 218 g/mol. The molecule has 0 aromatic heterocycles. The summed E-state index contributed by atoms with van der Waals surface area (Å²) in [5.41, 5.74) is 1.65. The molecule has 0 N–H and O–H groups in total. The SMILES string of the molecule is [C-]#[N+]c1cc(CBr)ccc1OC. The van der Waals surface area contributed by atoms with E-state index in [1.165, 1.54) is 0 Å². The van der Waals surface area contributed by atoms with Crippen LogP contribution in [-0.4, -0.2) is 7.11 Å². The highest BCUT2D eigenvalue weighted by Crippen LogP contribution is 2.28. The number of hydrogen-bond acceptors (Lipinski definition) is 1. The van der Waals surface area contributed by atoms with E-state index in [2.05, 4.69) is 20.8 Å². The molecule has 0 aliphatic heterocycles. The summed E-state index contributed by atoms with van der Waals surface area (Å²) in [6, 6.07) is 5.56. The number of ether oxygens (including phenoxy) is 1. The van der Waals surface area contributed by atoms with Gasteiger partial charge in [0.15, 0.2) is 0 Å². The van der Waals surface area contributed by atoms with Gasteiger partial charge in [0, 0.05) is 5.33 Å². The van der Waals surface area contributed by atoms with Crippen LogP contribution in [0.25, 0.3) is 4.85 Å². The molecule has 1 aromatic carbocycles. The van der Waals surface area contributed by atoms with Crippen molar-refractivity contribution in [2.24, 2.45) is 0 Å². The fourth-order valence-electron chi connectivity index (χ4n) is 0.906. The number of alkyl halides is 1. The van der Waals surface area contributed by atoms with Gasteiger partial charge in [-0.2, -0.15) is 0 Å². The summed E-state index contributed by atoms with van der Waals surface area (Å²) < 4.78 is 5.01. The number of benzene rings is 1. The highest BCUT2D eigenvalue weighted by atomic mass is 79.9. The first-order valence-electron chi connectivity index (χ1n) is 3.42. The molecule has 12 heavy (non-hydrogen) atoms. The molecule has 3 heteroatoms. The first-order valence-corrected chi connectivity index (χ1v) is 4.54. The van der Waals surface area contributed by atoms with Gasteiger partial charge in [0.05, 0.1) is 13.7 Å². The smallest absolute Gasteiger partial charge is 0.228 e. The molecule has 0 aliphatic rings. The van der Waals surface area contributed by atoms with Gasteiger partial charge >= 0.3 is 0 Å². The Hall–Kier alpha value is -1.01. The van der Waals surface area contributed by atoms with Crippen molar-refractivity contribution >= 4 is 21.6 Å².